The number of rotatable bonds is 4. The normalized spacial score (nSPS) is 11.7. The van der Waals surface area contributed by atoms with Crippen molar-refractivity contribution in [2.75, 3.05) is 13.1 Å². The van der Waals surface area contributed by atoms with Crippen LogP contribution in [0.4, 0.5) is 8.78 Å². The van der Waals surface area contributed by atoms with E-state index in [-0.39, 0.29) is 0 Å². The first-order valence-corrected chi connectivity index (χ1v) is 5.45. The fourth-order valence-corrected chi connectivity index (χ4v) is 1.58. The molecule has 0 aliphatic heterocycles. The largest absolute Gasteiger partial charge is 0.361 e. The van der Waals surface area contributed by atoms with Crippen LogP contribution in [0.5, 0.6) is 0 Å². The summed E-state index contributed by atoms with van der Waals surface area (Å²) < 4.78 is 25.8. The number of H-pyrrole nitrogens is 1. The fourth-order valence-electron chi connectivity index (χ4n) is 1.58. The number of halogens is 2. The van der Waals surface area contributed by atoms with Gasteiger partial charge in [0.05, 0.1) is 13.1 Å². The van der Waals surface area contributed by atoms with Gasteiger partial charge in [-0.2, -0.15) is 0 Å². The number of alkyl halides is 2. The Hall–Kier alpha value is -1.95. The van der Waals surface area contributed by atoms with Crippen LogP contribution in [0.2, 0.25) is 0 Å². The SMILES string of the molecule is NCC(F)(F)CNC(=O)c1ccc2[nH]ccc2c1. The number of hydrogen-bond acceptors (Lipinski definition) is 2. The minimum atomic E-state index is -3.08. The van der Waals surface area contributed by atoms with Gasteiger partial charge in [-0.05, 0) is 24.3 Å². The van der Waals surface area contributed by atoms with Crippen LogP contribution in [0.3, 0.4) is 0 Å². The van der Waals surface area contributed by atoms with Gasteiger partial charge in [0.25, 0.3) is 11.8 Å². The van der Waals surface area contributed by atoms with Gasteiger partial charge in [0, 0.05) is 22.7 Å². The van der Waals surface area contributed by atoms with Crippen molar-refractivity contribution in [3.63, 3.8) is 0 Å². The van der Waals surface area contributed by atoms with E-state index < -0.39 is 24.9 Å². The zero-order chi connectivity index (χ0) is 13.2. The van der Waals surface area contributed by atoms with Crippen LogP contribution in [0.25, 0.3) is 10.9 Å². The van der Waals surface area contributed by atoms with Crippen molar-refractivity contribution in [1.82, 2.24) is 10.3 Å². The molecule has 0 saturated carbocycles. The van der Waals surface area contributed by atoms with Crippen LogP contribution in [-0.4, -0.2) is 29.9 Å². The predicted molar refractivity (Wildman–Crippen MR) is 64.6 cm³/mol. The van der Waals surface area contributed by atoms with Crippen LogP contribution in [0, 0.1) is 0 Å². The second-order valence-electron chi connectivity index (χ2n) is 4.02. The zero-order valence-corrected chi connectivity index (χ0v) is 9.54. The highest BCUT2D eigenvalue weighted by Gasteiger charge is 2.27. The van der Waals surface area contributed by atoms with Crippen molar-refractivity contribution in [2.45, 2.75) is 5.92 Å². The Morgan fingerprint density at radius 2 is 2.17 bits per heavy atom. The third-order valence-corrected chi connectivity index (χ3v) is 2.62. The van der Waals surface area contributed by atoms with Crippen molar-refractivity contribution in [3.8, 4) is 0 Å². The van der Waals surface area contributed by atoms with Crippen molar-refractivity contribution >= 4 is 16.8 Å². The van der Waals surface area contributed by atoms with Gasteiger partial charge in [0.1, 0.15) is 0 Å². The third-order valence-electron chi connectivity index (χ3n) is 2.62. The highest BCUT2D eigenvalue weighted by atomic mass is 19.3. The Labute approximate surface area is 102 Å². The Kier molecular flexibility index (Phi) is 3.29. The van der Waals surface area contributed by atoms with Crippen molar-refractivity contribution in [1.29, 1.82) is 0 Å². The Bertz CT molecular complexity index is 565. The maximum atomic E-state index is 12.9. The Morgan fingerprint density at radius 1 is 1.39 bits per heavy atom. The molecule has 4 nitrogen and oxygen atoms in total. The monoisotopic (exact) mass is 253 g/mol. The number of aromatic nitrogens is 1. The highest BCUT2D eigenvalue weighted by Crippen LogP contribution is 2.15. The highest BCUT2D eigenvalue weighted by molar-refractivity contribution is 5.98. The summed E-state index contributed by atoms with van der Waals surface area (Å²) >= 11 is 0. The summed E-state index contributed by atoms with van der Waals surface area (Å²) in [5, 5.41) is 3.02. The summed E-state index contributed by atoms with van der Waals surface area (Å²) in [4.78, 5) is 14.7. The number of hydrogen-bond donors (Lipinski definition) is 3. The lowest BCUT2D eigenvalue weighted by Gasteiger charge is -2.14. The summed E-state index contributed by atoms with van der Waals surface area (Å²) in [5.41, 5.74) is 6.12. The number of fused-ring (bicyclic) bond motifs is 1. The molecule has 1 amide bonds. The molecule has 2 rings (SSSR count). The molecule has 0 aliphatic carbocycles. The van der Waals surface area contributed by atoms with E-state index in [1.165, 1.54) is 0 Å². The molecule has 0 bridgehead atoms. The molecule has 18 heavy (non-hydrogen) atoms. The minimum absolute atomic E-state index is 0.343. The molecule has 0 spiro atoms. The summed E-state index contributed by atoms with van der Waals surface area (Å²) in [6.07, 6.45) is 1.74. The number of nitrogens with two attached hydrogens (primary N) is 1. The van der Waals surface area contributed by atoms with Crippen molar-refractivity contribution in [3.05, 3.63) is 36.0 Å². The number of nitrogens with one attached hydrogen (secondary N) is 2. The van der Waals surface area contributed by atoms with Crippen LogP contribution in [0.15, 0.2) is 30.5 Å². The summed E-state index contributed by atoms with van der Waals surface area (Å²) in [7, 11) is 0. The van der Waals surface area contributed by atoms with Gasteiger partial charge in [-0.25, -0.2) is 8.78 Å². The molecule has 6 heteroatoms. The van der Waals surface area contributed by atoms with E-state index in [1.807, 2.05) is 0 Å². The topological polar surface area (TPSA) is 70.9 Å². The molecule has 96 valence electrons. The van der Waals surface area contributed by atoms with Crippen molar-refractivity contribution in [2.24, 2.45) is 5.73 Å². The lowest BCUT2D eigenvalue weighted by molar-refractivity contribution is 0.0118. The molecule has 1 heterocycles. The number of carbonyl (C=O) groups is 1. The first kappa shape index (κ1) is 12.5. The molecule has 1 aromatic heterocycles. The third kappa shape index (κ3) is 2.65. The minimum Gasteiger partial charge on any atom is -0.361 e. The van der Waals surface area contributed by atoms with Gasteiger partial charge in [-0.1, -0.05) is 0 Å². The van der Waals surface area contributed by atoms with Crippen LogP contribution >= 0.6 is 0 Å². The maximum absolute atomic E-state index is 12.9. The predicted octanol–water partition coefficient (Wildman–Crippen LogP) is 1.49. The van der Waals surface area contributed by atoms with Gasteiger partial charge in [-0.15, -0.1) is 0 Å². The lowest BCUT2D eigenvalue weighted by Crippen LogP contribution is -2.41. The quantitative estimate of drug-likeness (QED) is 0.772. The Balaban J connectivity index is 2.08. The molecule has 4 N–H and O–H groups in total. The van der Waals surface area contributed by atoms with Gasteiger partial charge in [0.15, 0.2) is 0 Å². The second kappa shape index (κ2) is 4.73. The average molecular weight is 253 g/mol. The Morgan fingerprint density at radius 3 is 2.89 bits per heavy atom. The van der Waals surface area contributed by atoms with E-state index in [9.17, 15) is 13.6 Å². The summed E-state index contributed by atoms with van der Waals surface area (Å²) in [6.45, 7) is -1.54. The first-order chi connectivity index (χ1) is 8.52. The zero-order valence-electron chi connectivity index (χ0n) is 9.54. The second-order valence-corrected chi connectivity index (χ2v) is 4.02. The molecule has 0 fully saturated rings. The molecular weight excluding hydrogens is 240 g/mol. The maximum Gasteiger partial charge on any atom is 0.277 e. The van der Waals surface area contributed by atoms with Gasteiger partial charge in [0.2, 0.25) is 0 Å². The summed E-state index contributed by atoms with van der Waals surface area (Å²) in [6, 6.07) is 6.75. The molecule has 0 saturated heterocycles. The summed E-state index contributed by atoms with van der Waals surface area (Å²) in [5.74, 6) is -3.61. The van der Waals surface area contributed by atoms with E-state index >= 15 is 0 Å². The van der Waals surface area contributed by atoms with E-state index in [4.69, 9.17) is 5.73 Å². The van der Waals surface area contributed by atoms with Gasteiger partial charge < -0.3 is 16.0 Å². The average Bonchev–Trinajstić information content (AvgIpc) is 2.83. The smallest absolute Gasteiger partial charge is 0.277 e. The standard InChI is InChI=1S/C12H13F2N3O/c13-12(14,6-15)7-17-11(18)9-1-2-10-8(5-9)3-4-16-10/h1-5,16H,6-7,15H2,(H,17,18). The lowest BCUT2D eigenvalue weighted by atomic mass is 10.1. The molecule has 0 aliphatic rings. The number of carbonyl (C=O) groups excluding carboxylic acids is 1. The molecule has 0 atom stereocenters. The molecule has 1 aromatic carbocycles. The van der Waals surface area contributed by atoms with Gasteiger partial charge in [-0.3, -0.25) is 4.79 Å². The van der Waals surface area contributed by atoms with Crippen LogP contribution < -0.4 is 11.1 Å². The molecule has 2 aromatic rings. The van der Waals surface area contributed by atoms with Gasteiger partial charge >= 0.3 is 0 Å². The first-order valence-electron chi connectivity index (χ1n) is 5.45. The van der Waals surface area contributed by atoms with Crippen molar-refractivity contribution < 1.29 is 13.6 Å². The van der Waals surface area contributed by atoms with Crippen LogP contribution in [-0.2, 0) is 0 Å². The van der Waals surface area contributed by atoms with E-state index in [0.717, 1.165) is 10.9 Å². The number of benzene rings is 1. The fraction of sp³-hybridized carbons (Fsp3) is 0.250. The number of aromatic amines is 1. The van der Waals surface area contributed by atoms with E-state index in [2.05, 4.69) is 10.3 Å². The van der Waals surface area contributed by atoms with Crippen LogP contribution in [0.1, 0.15) is 10.4 Å². The molecule has 0 radical (unpaired) electrons. The number of amides is 1. The van der Waals surface area contributed by atoms with E-state index in [0.29, 0.717) is 5.56 Å². The molecular formula is C12H13F2N3O. The van der Waals surface area contributed by atoms with E-state index in [1.54, 1.807) is 30.5 Å². The molecule has 0 unspecified atom stereocenters.